The van der Waals surface area contributed by atoms with Crippen LogP contribution in [-0.2, 0) is 4.79 Å². The highest BCUT2D eigenvalue weighted by molar-refractivity contribution is 5.49. The Morgan fingerprint density at radius 1 is 1.36 bits per heavy atom. The summed E-state index contributed by atoms with van der Waals surface area (Å²) in [6, 6.07) is 0. The normalized spacial score (nSPS) is 16.5. The molecule has 0 aromatic carbocycles. The van der Waals surface area contributed by atoms with Gasteiger partial charge in [-0.25, -0.2) is 0 Å². The molecule has 11 heavy (non-hydrogen) atoms. The molecule has 2 nitrogen and oxygen atoms in total. The van der Waals surface area contributed by atoms with Crippen LogP contribution in [-0.4, -0.2) is 17.5 Å². The zero-order valence-electron chi connectivity index (χ0n) is 7.58. The fraction of sp³-hybridized carbons (Fsp3) is 0.889. The van der Waals surface area contributed by atoms with Crippen molar-refractivity contribution < 1.29 is 9.90 Å². The predicted molar refractivity (Wildman–Crippen MR) is 45.3 cm³/mol. The SMILES string of the molecule is CC(CC=O)CC(O)C(C)C. The van der Waals surface area contributed by atoms with Crippen LogP contribution < -0.4 is 0 Å². The zero-order chi connectivity index (χ0) is 8.85. The number of carbonyl (C=O) groups excluding carboxylic acids is 1. The van der Waals surface area contributed by atoms with Gasteiger partial charge in [0.15, 0.2) is 0 Å². The Kier molecular flexibility index (Phi) is 5.12. The van der Waals surface area contributed by atoms with Gasteiger partial charge in [0.05, 0.1) is 6.10 Å². The first kappa shape index (κ1) is 10.6. The Hall–Kier alpha value is -0.370. The van der Waals surface area contributed by atoms with E-state index < -0.39 is 0 Å². The molecule has 0 fully saturated rings. The van der Waals surface area contributed by atoms with Crippen LogP contribution in [0.4, 0.5) is 0 Å². The summed E-state index contributed by atoms with van der Waals surface area (Å²) in [4.78, 5) is 10.1. The van der Waals surface area contributed by atoms with Gasteiger partial charge in [0, 0.05) is 6.42 Å². The average Bonchev–Trinajstić information content (AvgIpc) is 1.87. The fourth-order valence-electron chi connectivity index (χ4n) is 0.945. The largest absolute Gasteiger partial charge is 0.393 e. The van der Waals surface area contributed by atoms with Crippen molar-refractivity contribution in [1.29, 1.82) is 0 Å². The van der Waals surface area contributed by atoms with E-state index in [4.69, 9.17) is 0 Å². The molecule has 0 aromatic heterocycles. The predicted octanol–water partition coefficient (Wildman–Crippen LogP) is 1.62. The third kappa shape index (κ3) is 4.96. The monoisotopic (exact) mass is 158 g/mol. The highest BCUT2D eigenvalue weighted by Gasteiger charge is 2.12. The van der Waals surface area contributed by atoms with Crippen molar-refractivity contribution in [2.24, 2.45) is 11.8 Å². The third-order valence-corrected chi connectivity index (χ3v) is 1.91. The summed E-state index contributed by atoms with van der Waals surface area (Å²) < 4.78 is 0. The molecule has 2 unspecified atom stereocenters. The minimum absolute atomic E-state index is 0.259. The van der Waals surface area contributed by atoms with Gasteiger partial charge in [-0.2, -0.15) is 0 Å². The number of carbonyl (C=O) groups is 1. The number of hydrogen-bond donors (Lipinski definition) is 1. The van der Waals surface area contributed by atoms with Crippen LogP contribution in [0.5, 0.6) is 0 Å². The van der Waals surface area contributed by atoms with E-state index in [0.29, 0.717) is 18.3 Å². The van der Waals surface area contributed by atoms with Crippen LogP contribution in [0.3, 0.4) is 0 Å². The van der Waals surface area contributed by atoms with Crippen molar-refractivity contribution in [2.75, 3.05) is 0 Å². The smallest absolute Gasteiger partial charge is 0.120 e. The summed E-state index contributed by atoms with van der Waals surface area (Å²) in [5.41, 5.74) is 0. The summed E-state index contributed by atoms with van der Waals surface area (Å²) >= 11 is 0. The molecule has 0 aliphatic heterocycles. The van der Waals surface area contributed by atoms with Crippen molar-refractivity contribution in [1.82, 2.24) is 0 Å². The van der Waals surface area contributed by atoms with Gasteiger partial charge in [-0.05, 0) is 18.3 Å². The number of hydrogen-bond acceptors (Lipinski definition) is 2. The lowest BCUT2D eigenvalue weighted by atomic mass is 9.94. The lowest BCUT2D eigenvalue weighted by Gasteiger charge is -2.17. The third-order valence-electron chi connectivity index (χ3n) is 1.91. The van der Waals surface area contributed by atoms with Gasteiger partial charge in [-0.3, -0.25) is 0 Å². The topological polar surface area (TPSA) is 37.3 Å². The van der Waals surface area contributed by atoms with Crippen LogP contribution >= 0.6 is 0 Å². The summed E-state index contributed by atoms with van der Waals surface area (Å²) in [5, 5.41) is 9.41. The Morgan fingerprint density at radius 3 is 2.27 bits per heavy atom. The molecule has 0 aliphatic rings. The highest BCUT2D eigenvalue weighted by atomic mass is 16.3. The Labute approximate surface area is 68.6 Å². The molecule has 0 rings (SSSR count). The maximum atomic E-state index is 10.1. The first-order chi connectivity index (χ1) is 5.07. The van der Waals surface area contributed by atoms with Crippen molar-refractivity contribution >= 4 is 6.29 Å². The number of aldehydes is 1. The molecule has 2 heteroatoms. The molecule has 0 heterocycles. The molecule has 0 amide bonds. The van der Waals surface area contributed by atoms with Crippen molar-refractivity contribution in [3.05, 3.63) is 0 Å². The summed E-state index contributed by atoms with van der Waals surface area (Å²) in [6.07, 6.45) is 1.95. The van der Waals surface area contributed by atoms with Gasteiger partial charge in [-0.15, -0.1) is 0 Å². The van der Waals surface area contributed by atoms with E-state index in [9.17, 15) is 9.90 Å². The van der Waals surface area contributed by atoms with E-state index >= 15 is 0 Å². The van der Waals surface area contributed by atoms with Crippen LogP contribution in [0, 0.1) is 11.8 Å². The van der Waals surface area contributed by atoms with E-state index in [1.807, 2.05) is 20.8 Å². The number of rotatable bonds is 5. The van der Waals surface area contributed by atoms with Crippen LogP contribution in [0.2, 0.25) is 0 Å². The molecule has 0 bridgehead atoms. The standard InChI is InChI=1S/C9H18O2/c1-7(2)9(11)6-8(3)4-5-10/h5,7-9,11H,4,6H2,1-3H3. The minimum atomic E-state index is -0.259. The number of aliphatic hydroxyl groups is 1. The van der Waals surface area contributed by atoms with Gasteiger partial charge in [0.1, 0.15) is 6.29 Å². The lowest BCUT2D eigenvalue weighted by Crippen LogP contribution is -2.18. The molecule has 0 aliphatic carbocycles. The maximum Gasteiger partial charge on any atom is 0.120 e. The molecule has 0 saturated carbocycles. The molecular weight excluding hydrogens is 140 g/mol. The second-order valence-electron chi connectivity index (χ2n) is 3.55. The van der Waals surface area contributed by atoms with Crippen LogP contribution in [0.15, 0.2) is 0 Å². The Balaban J connectivity index is 3.56. The van der Waals surface area contributed by atoms with Crippen molar-refractivity contribution in [3.8, 4) is 0 Å². The van der Waals surface area contributed by atoms with E-state index in [1.54, 1.807) is 0 Å². The van der Waals surface area contributed by atoms with Gasteiger partial charge < -0.3 is 9.90 Å². The molecule has 66 valence electrons. The van der Waals surface area contributed by atoms with Crippen molar-refractivity contribution in [3.63, 3.8) is 0 Å². The summed E-state index contributed by atoms with van der Waals surface area (Å²) in [7, 11) is 0. The van der Waals surface area contributed by atoms with Crippen LogP contribution in [0.25, 0.3) is 0 Å². The lowest BCUT2D eigenvalue weighted by molar-refractivity contribution is -0.108. The van der Waals surface area contributed by atoms with Gasteiger partial charge in [-0.1, -0.05) is 20.8 Å². The van der Waals surface area contributed by atoms with E-state index in [0.717, 1.165) is 12.7 Å². The minimum Gasteiger partial charge on any atom is -0.393 e. The second-order valence-corrected chi connectivity index (χ2v) is 3.55. The Bertz CT molecular complexity index is 110. The van der Waals surface area contributed by atoms with E-state index in [1.165, 1.54) is 0 Å². The average molecular weight is 158 g/mol. The first-order valence-corrected chi connectivity index (χ1v) is 4.19. The second kappa shape index (κ2) is 5.30. The zero-order valence-corrected chi connectivity index (χ0v) is 7.58. The van der Waals surface area contributed by atoms with E-state index in [-0.39, 0.29) is 6.10 Å². The molecule has 0 radical (unpaired) electrons. The summed E-state index contributed by atoms with van der Waals surface area (Å²) in [6.45, 7) is 5.95. The molecule has 0 aromatic rings. The van der Waals surface area contributed by atoms with Gasteiger partial charge in [0.2, 0.25) is 0 Å². The Morgan fingerprint density at radius 2 is 1.91 bits per heavy atom. The maximum absolute atomic E-state index is 10.1. The quantitative estimate of drug-likeness (QED) is 0.617. The summed E-state index contributed by atoms with van der Waals surface area (Å²) in [5.74, 6) is 0.606. The van der Waals surface area contributed by atoms with Gasteiger partial charge in [0.25, 0.3) is 0 Å². The van der Waals surface area contributed by atoms with Crippen molar-refractivity contribution in [2.45, 2.75) is 39.7 Å². The van der Waals surface area contributed by atoms with Crippen LogP contribution in [0.1, 0.15) is 33.6 Å². The molecule has 0 spiro atoms. The van der Waals surface area contributed by atoms with Gasteiger partial charge >= 0.3 is 0 Å². The molecule has 0 saturated heterocycles. The number of aliphatic hydroxyl groups excluding tert-OH is 1. The molecule has 2 atom stereocenters. The molecular formula is C9H18O2. The molecule has 1 N–H and O–H groups in total. The van der Waals surface area contributed by atoms with E-state index in [2.05, 4.69) is 0 Å². The highest BCUT2D eigenvalue weighted by Crippen LogP contribution is 2.14. The first-order valence-electron chi connectivity index (χ1n) is 4.19. The fourth-order valence-corrected chi connectivity index (χ4v) is 0.945.